The van der Waals surface area contributed by atoms with Gasteiger partial charge in [-0.1, -0.05) is 56.1 Å². The highest BCUT2D eigenvalue weighted by atomic mass is 28.4. The molecule has 238 valence electrons. The maximum absolute atomic E-state index is 11.6. The molecule has 0 atom stereocenters. The molecule has 0 bridgehead atoms. The number of carbonyl (C=O) groups is 3. The lowest BCUT2D eigenvalue weighted by atomic mass is 9.82. The minimum atomic E-state index is -2.52. The Labute approximate surface area is 261 Å². The molecule has 10 heteroatoms. The molecule has 9 nitrogen and oxygen atoms in total. The standard InChI is InChI=1S/C25H26O4.C9H18O5Si/c1-4-24(26)28-22-13-9-20(10-14-22)18-5-7-19(8-6-18)21-11-15-23(16-12-21)29-25(27)17(2)3;1-5-9(10)14-7-6-8-15(11-2,12-3)13-4/h4-8,11-12,15-16,20,22H,1-2,9-10,13-14H2,3H3;5H,1,6-8H2,2-4H3. The van der Waals surface area contributed by atoms with Crippen molar-refractivity contribution in [2.75, 3.05) is 27.9 Å². The monoisotopic (exact) mass is 624 g/mol. The molecular formula is C34H44O9Si. The molecule has 0 N–H and O–H groups in total. The Morgan fingerprint density at radius 2 is 1.34 bits per heavy atom. The molecule has 0 saturated heterocycles. The zero-order valence-electron chi connectivity index (χ0n) is 26.2. The largest absolute Gasteiger partial charge is 0.500 e. The van der Waals surface area contributed by atoms with Crippen LogP contribution in [-0.2, 0) is 37.1 Å². The van der Waals surface area contributed by atoms with Gasteiger partial charge in [0.05, 0.1) is 6.61 Å². The number of rotatable bonds is 14. The van der Waals surface area contributed by atoms with Crippen molar-refractivity contribution in [1.82, 2.24) is 0 Å². The second-order valence-corrected chi connectivity index (χ2v) is 13.3. The van der Waals surface area contributed by atoms with Crippen LogP contribution in [-0.4, -0.2) is 60.8 Å². The molecule has 0 aliphatic heterocycles. The molecule has 0 amide bonds. The molecule has 0 radical (unpaired) electrons. The van der Waals surface area contributed by atoms with Gasteiger partial charge in [-0.25, -0.2) is 14.4 Å². The summed E-state index contributed by atoms with van der Waals surface area (Å²) < 4.78 is 31.0. The fourth-order valence-corrected chi connectivity index (χ4v) is 6.35. The lowest BCUT2D eigenvalue weighted by Crippen LogP contribution is -2.42. The third kappa shape index (κ3) is 11.7. The summed E-state index contributed by atoms with van der Waals surface area (Å²) in [5, 5.41) is 0. The Kier molecular flexibility index (Phi) is 15.5. The predicted octanol–water partition coefficient (Wildman–Crippen LogP) is 6.57. The minimum Gasteiger partial charge on any atom is -0.463 e. The molecule has 1 aliphatic carbocycles. The lowest BCUT2D eigenvalue weighted by molar-refractivity contribution is -0.144. The van der Waals surface area contributed by atoms with Crippen LogP contribution in [0.3, 0.4) is 0 Å². The van der Waals surface area contributed by atoms with Gasteiger partial charge in [-0.15, -0.1) is 0 Å². The van der Waals surface area contributed by atoms with Crippen molar-refractivity contribution in [2.45, 2.75) is 57.1 Å². The zero-order chi connectivity index (χ0) is 32.5. The normalized spacial score (nSPS) is 16.0. The van der Waals surface area contributed by atoms with Crippen molar-refractivity contribution in [1.29, 1.82) is 0 Å². The predicted molar refractivity (Wildman–Crippen MR) is 171 cm³/mol. The summed E-state index contributed by atoms with van der Waals surface area (Å²) in [6, 6.07) is 16.6. The van der Waals surface area contributed by atoms with Gasteiger partial charge in [-0.05, 0) is 73.8 Å². The van der Waals surface area contributed by atoms with Gasteiger partial charge in [-0.3, -0.25) is 0 Å². The van der Waals surface area contributed by atoms with Crippen molar-refractivity contribution < 1.29 is 41.9 Å². The fraction of sp³-hybridized carbons (Fsp3) is 0.382. The number of hydrogen-bond donors (Lipinski definition) is 0. The van der Waals surface area contributed by atoms with E-state index in [1.54, 1.807) is 40.4 Å². The molecule has 44 heavy (non-hydrogen) atoms. The average molecular weight is 625 g/mol. The number of carbonyl (C=O) groups excluding carboxylic acids is 3. The van der Waals surface area contributed by atoms with E-state index in [1.165, 1.54) is 11.6 Å². The Hall–Kier alpha value is -3.83. The Balaban J connectivity index is 0.000000382. The third-order valence-corrected chi connectivity index (χ3v) is 10.1. The first-order valence-electron chi connectivity index (χ1n) is 14.5. The maximum atomic E-state index is 11.6. The summed E-state index contributed by atoms with van der Waals surface area (Å²) in [4.78, 5) is 33.7. The van der Waals surface area contributed by atoms with Crippen molar-refractivity contribution in [2.24, 2.45) is 0 Å². The van der Waals surface area contributed by atoms with Crippen LogP contribution < -0.4 is 4.74 Å². The van der Waals surface area contributed by atoms with Crippen molar-refractivity contribution in [3.8, 4) is 16.9 Å². The first-order chi connectivity index (χ1) is 21.1. The highest BCUT2D eigenvalue weighted by Crippen LogP contribution is 2.35. The number of esters is 3. The van der Waals surface area contributed by atoms with E-state index in [4.69, 9.17) is 27.5 Å². The summed E-state index contributed by atoms with van der Waals surface area (Å²) in [5.74, 6) is -0.178. The summed E-state index contributed by atoms with van der Waals surface area (Å²) in [5.41, 5.74) is 3.86. The summed E-state index contributed by atoms with van der Waals surface area (Å²) in [6.45, 7) is 12.3. The smallest absolute Gasteiger partial charge is 0.463 e. The average Bonchev–Trinajstić information content (AvgIpc) is 3.06. The van der Waals surface area contributed by atoms with Gasteiger partial charge in [0.1, 0.15) is 11.9 Å². The molecule has 2 aromatic rings. The Bertz CT molecular complexity index is 1230. The fourth-order valence-electron chi connectivity index (χ4n) is 4.66. The van der Waals surface area contributed by atoms with Gasteiger partial charge in [0.15, 0.2) is 0 Å². The second kappa shape index (κ2) is 18.7. The van der Waals surface area contributed by atoms with E-state index in [-0.39, 0.29) is 12.1 Å². The molecule has 0 unspecified atom stereocenters. The minimum absolute atomic E-state index is 0.00788. The number of hydrogen-bond acceptors (Lipinski definition) is 9. The van der Waals surface area contributed by atoms with Gasteiger partial charge >= 0.3 is 26.7 Å². The van der Waals surface area contributed by atoms with Gasteiger partial charge < -0.3 is 27.5 Å². The van der Waals surface area contributed by atoms with Crippen LogP contribution in [0.15, 0.2) is 86.0 Å². The molecule has 3 rings (SSSR count). The Morgan fingerprint density at radius 3 is 1.82 bits per heavy atom. The summed E-state index contributed by atoms with van der Waals surface area (Å²) in [7, 11) is 2.13. The van der Waals surface area contributed by atoms with Crippen molar-refractivity contribution in [3.05, 3.63) is 91.6 Å². The van der Waals surface area contributed by atoms with Crippen LogP contribution in [0.4, 0.5) is 0 Å². The van der Waals surface area contributed by atoms with E-state index < -0.39 is 20.7 Å². The number of benzene rings is 2. The Morgan fingerprint density at radius 1 is 0.818 bits per heavy atom. The van der Waals surface area contributed by atoms with E-state index in [0.717, 1.165) is 42.9 Å². The SMILES string of the molecule is C=CC(=O)OC1CCC(c2ccc(-c3ccc(OC(=O)C(=C)C)cc3)cc2)CC1.C=CC(=O)OCCC[Si](OC)(OC)OC. The molecule has 0 aromatic heterocycles. The first kappa shape index (κ1) is 36.4. The number of ether oxygens (including phenoxy) is 3. The van der Waals surface area contributed by atoms with Crippen LogP contribution in [0.1, 0.15) is 50.5 Å². The van der Waals surface area contributed by atoms with Crippen molar-refractivity contribution >= 4 is 26.7 Å². The van der Waals surface area contributed by atoms with Crippen LogP contribution in [0.2, 0.25) is 6.04 Å². The topological polar surface area (TPSA) is 107 Å². The molecule has 1 aliphatic rings. The van der Waals surface area contributed by atoms with Gasteiger partial charge in [0, 0.05) is 45.1 Å². The van der Waals surface area contributed by atoms with Crippen LogP contribution in [0, 0.1) is 0 Å². The molecule has 1 fully saturated rings. The quantitative estimate of drug-likeness (QED) is 0.0758. The molecule has 1 saturated carbocycles. The summed E-state index contributed by atoms with van der Waals surface area (Å²) >= 11 is 0. The van der Waals surface area contributed by atoms with Gasteiger partial charge in [0.2, 0.25) is 0 Å². The van der Waals surface area contributed by atoms with E-state index in [9.17, 15) is 14.4 Å². The van der Waals surface area contributed by atoms with Crippen LogP contribution in [0.5, 0.6) is 5.75 Å². The van der Waals surface area contributed by atoms with E-state index in [2.05, 4.69) is 44.0 Å². The van der Waals surface area contributed by atoms with E-state index >= 15 is 0 Å². The van der Waals surface area contributed by atoms with Gasteiger partial charge in [0.25, 0.3) is 0 Å². The summed E-state index contributed by atoms with van der Waals surface area (Å²) in [6.07, 6.45) is 6.80. The highest BCUT2D eigenvalue weighted by molar-refractivity contribution is 6.60. The van der Waals surface area contributed by atoms with Gasteiger partial charge in [-0.2, -0.15) is 0 Å². The highest BCUT2D eigenvalue weighted by Gasteiger charge is 2.37. The molecule has 2 aromatic carbocycles. The second-order valence-electron chi connectivity index (χ2n) is 10.2. The first-order valence-corrected chi connectivity index (χ1v) is 16.4. The van der Waals surface area contributed by atoms with Crippen molar-refractivity contribution in [3.63, 3.8) is 0 Å². The zero-order valence-corrected chi connectivity index (χ0v) is 27.2. The van der Waals surface area contributed by atoms with E-state index in [0.29, 0.717) is 36.3 Å². The molecular weight excluding hydrogens is 580 g/mol. The molecule has 0 heterocycles. The maximum Gasteiger partial charge on any atom is 0.500 e. The third-order valence-electron chi connectivity index (χ3n) is 7.22. The van der Waals surface area contributed by atoms with Crippen LogP contribution in [0.25, 0.3) is 11.1 Å². The lowest BCUT2D eigenvalue weighted by Gasteiger charge is -2.28. The molecule has 0 spiro atoms. The van der Waals surface area contributed by atoms with E-state index in [1.807, 2.05) is 12.1 Å². The van der Waals surface area contributed by atoms with Crippen LogP contribution >= 0.6 is 0 Å².